The molecule has 0 unspecified atom stereocenters. The van der Waals surface area contributed by atoms with E-state index in [1.165, 1.54) is 0 Å². The monoisotopic (exact) mass is 295 g/mol. The maximum atomic E-state index is 11.3. The number of ether oxygens (including phenoxy) is 1. The molecular formula is C14H21N3O2S. The van der Waals surface area contributed by atoms with Gasteiger partial charge in [-0.3, -0.25) is 9.69 Å². The van der Waals surface area contributed by atoms with Crippen LogP contribution in [-0.2, 0) is 4.79 Å². The highest BCUT2D eigenvalue weighted by molar-refractivity contribution is 7.80. The number of rotatable bonds is 8. The van der Waals surface area contributed by atoms with Crippen LogP contribution in [0, 0.1) is 0 Å². The van der Waals surface area contributed by atoms with Crippen molar-refractivity contribution in [2.45, 2.75) is 6.92 Å². The van der Waals surface area contributed by atoms with Gasteiger partial charge in [-0.2, -0.15) is 0 Å². The van der Waals surface area contributed by atoms with Gasteiger partial charge in [0.2, 0.25) is 5.91 Å². The van der Waals surface area contributed by atoms with E-state index in [1.807, 2.05) is 36.1 Å². The lowest BCUT2D eigenvalue weighted by atomic mass is 10.2. The van der Waals surface area contributed by atoms with Gasteiger partial charge in [-0.05, 0) is 18.7 Å². The summed E-state index contributed by atoms with van der Waals surface area (Å²) < 4.78 is 5.71. The molecule has 1 aromatic rings. The van der Waals surface area contributed by atoms with Crippen LogP contribution < -0.4 is 15.8 Å². The van der Waals surface area contributed by atoms with Crippen molar-refractivity contribution in [2.75, 3.05) is 33.3 Å². The van der Waals surface area contributed by atoms with Crippen molar-refractivity contribution in [3.63, 3.8) is 0 Å². The molecule has 0 aliphatic heterocycles. The lowest BCUT2D eigenvalue weighted by molar-refractivity contribution is -0.121. The summed E-state index contributed by atoms with van der Waals surface area (Å²) in [5, 5.41) is 2.61. The molecule has 0 bridgehead atoms. The number of benzene rings is 1. The van der Waals surface area contributed by atoms with Gasteiger partial charge >= 0.3 is 0 Å². The Bertz CT molecular complexity index is 465. The van der Waals surface area contributed by atoms with Crippen LogP contribution in [0.2, 0.25) is 0 Å². The van der Waals surface area contributed by atoms with E-state index >= 15 is 0 Å². The average Bonchev–Trinajstić information content (AvgIpc) is 2.46. The molecule has 0 saturated heterocycles. The van der Waals surface area contributed by atoms with Gasteiger partial charge in [-0.25, -0.2) is 0 Å². The SMILES string of the molecule is CCN(CCOc1ccccc1C(N)=S)CC(=O)NC. The molecule has 0 aromatic heterocycles. The summed E-state index contributed by atoms with van der Waals surface area (Å²) in [5.41, 5.74) is 6.38. The van der Waals surface area contributed by atoms with Gasteiger partial charge < -0.3 is 15.8 Å². The first kappa shape index (κ1) is 16.4. The number of hydrogen-bond donors (Lipinski definition) is 2. The Hall–Kier alpha value is -1.66. The molecule has 20 heavy (non-hydrogen) atoms. The second kappa shape index (κ2) is 8.50. The van der Waals surface area contributed by atoms with E-state index in [1.54, 1.807) is 7.05 Å². The van der Waals surface area contributed by atoms with Crippen molar-refractivity contribution in [1.82, 2.24) is 10.2 Å². The van der Waals surface area contributed by atoms with Crippen LogP contribution in [0.3, 0.4) is 0 Å². The lowest BCUT2D eigenvalue weighted by Crippen LogP contribution is -2.37. The number of hydrogen-bond acceptors (Lipinski definition) is 4. The van der Waals surface area contributed by atoms with Crippen LogP contribution in [0.1, 0.15) is 12.5 Å². The number of likely N-dealkylation sites (N-methyl/N-ethyl adjacent to an activating group) is 2. The van der Waals surface area contributed by atoms with Gasteiger partial charge in [-0.15, -0.1) is 0 Å². The van der Waals surface area contributed by atoms with E-state index in [2.05, 4.69) is 5.32 Å². The number of nitrogens with zero attached hydrogens (tertiary/aromatic N) is 1. The number of nitrogens with two attached hydrogens (primary N) is 1. The lowest BCUT2D eigenvalue weighted by Gasteiger charge is -2.20. The Balaban J connectivity index is 2.51. The summed E-state index contributed by atoms with van der Waals surface area (Å²) in [7, 11) is 1.63. The van der Waals surface area contributed by atoms with Crippen LogP contribution in [-0.4, -0.2) is 49.1 Å². The van der Waals surface area contributed by atoms with E-state index in [9.17, 15) is 4.79 Å². The predicted molar refractivity (Wildman–Crippen MR) is 84.0 cm³/mol. The fourth-order valence-electron chi connectivity index (χ4n) is 1.71. The normalized spacial score (nSPS) is 10.3. The molecule has 6 heteroatoms. The Morgan fingerprint density at radius 1 is 1.45 bits per heavy atom. The highest BCUT2D eigenvalue weighted by Gasteiger charge is 2.09. The molecule has 0 fully saturated rings. The second-order valence-electron chi connectivity index (χ2n) is 4.25. The number of para-hydroxylation sites is 1. The first-order valence-electron chi connectivity index (χ1n) is 6.53. The van der Waals surface area contributed by atoms with Crippen LogP contribution in [0.15, 0.2) is 24.3 Å². The molecule has 1 amide bonds. The third kappa shape index (κ3) is 5.14. The van der Waals surface area contributed by atoms with Gasteiger partial charge in [0.25, 0.3) is 0 Å². The molecule has 110 valence electrons. The van der Waals surface area contributed by atoms with Crippen molar-refractivity contribution in [2.24, 2.45) is 5.73 Å². The molecule has 0 radical (unpaired) electrons. The van der Waals surface area contributed by atoms with Crippen molar-refractivity contribution < 1.29 is 9.53 Å². The topological polar surface area (TPSA) is 67.6 Å². The minimum atomic E-state index is -0.00427. The first-order chi connectivity index (χ1) is 9.58. The molecule has 0 spiro atoms. The Morgan fingerprint density at radius 3 is 2.75 bits per heavy atom. The van der Waals surface area contributed by atoms with Crippen LogP contribution in [0.5, 0.6) is 5.75 Å². The molecule has 0 atom stereocenters. The zero-order valence-corrected chi connectivity index (χ0v) is 12.7. The van der Waals surface area contributed by atoms with Gasteiger partial charge in [0.05, 0.1) is 12.1 Å². The number of carbonyl (C=O) groups excluding carboxylic acids is 1. The largest absolute Gasteiger partial charge is 0.492 e. The first-order valence-corrected chi connectivity index (χ1v) is 6.93. The fourth-order valence-corrected chi connectivity index (χ4v) is 1.88. The highest BCUT2D eigenvalue weighted by atomic mass is 32.1. The third-order valence-corrected chi connectivity index (χ3v) is 3.13. The second-order valence-corrected chi connectivity index (χ2v) is 4.69. The van der Waals surface area contributed by atoms with Crippen LogP contribution in [0.4, 0.5) is 0 Å². The summed E-state index contributed by atoms with van der Waals surface area (Å²) in [6, 6.07) is 7.41. The van der Waals surface area contributed by atoms with E-state index in [0.29, 0.717) is 30.4 Å². The van der Waals surface area contributed by atoms with E-state index in [0.717, 1.165) is 12.1 Å². The van der Waals surface area contributed by atoms with Gasteiger partial charge in [-0.1, -0.05) is 31.3 Å². The standard InChI is InChI=1S/C14H21N3O2S/c1-3-17(10-13(18)16-2)8-9-19-12-7-5-4-6-11(12)14(15)20/h4-7H,3,8-10H2,1-2H3,(H2,15,20)(H,16,18). The summed E-state index contributed by atoms with van der Waals surface area (Å²) >= 11 is 4.98. The van der Waals surface area contributed by atoms with Gasteiger partial charge in [0.1, 0.15) is 17.3 Å². The van der Waals surface area contributed by atoms with Crippen molar-refractivity contribution in [3.05, 3.63) is 29.8 Å². The molecular weight excluding hydrogens is 274 g/mol. The quantitative estimate of drug-likeness (QED) is 0.693. The Kier molecular flexibility index (Phi) is 6.97. The summed E-state index contributed by atoms with van der Waals surface area (Å²) in [6.45, 7) is 4.30. The third-order valence-electron chi connectivity index (χ3n) is 2.91. The zero-order chi connectivity index (χ0) is 15.0. The van der Waals surface area contributed by atoms with Gasteiger partial charge in [0.15, 0.2) is 0 Å². The fraction of sp³-hybridized carbons (Fsp3) is 0.429. The molecule has 0 aliphatic rings. The van der Waals surface area contributed by atoms with Gasteiger partial charge in [0, 0.05) is 13.6 Å². The molecule has 0 saturated carbocycles. The molecule has 3 N–H and O–H groups in total. The van der Waals surface area contributed by atoms with Crippen LogP contribution in [0.25, 0.3) is 0 Å². The highest BCUT2D eigenvalue weighted by Crippen LogP contribution is 2.17. The average molecular weight is 295 g/mol. The number of nitrogens with one attached hydrogen (secondary N) is 1. The Labute approximate surface area is 125 Å². The van der Waals surface area contributed by atoms with Crippen molar-refractivity contribution in [1.29, 1.82) is 0 Å². The van der Waals surface area contributed by atoms with E-state index in [4.69, 9.17) is 22.7 Å². The maximum Gasteiger partial charge on any atom is 0.233 e. The number of amides is 1. The predicted octanol–water partition coefficient (Wildman–Crippen LogP) is 0.767. The molecule has 0 heterocycles. The summed E-state index contributed by atoms with van der Waals surface area (Å²) in [4.78, 5) is 13.7. The molecule has 5 nitrogen and oxygen atoms in total. The molecule has 1 aromatic carbocycles. The summed E-state index contributed by atoms with van der Waals surface area (Å²) in [6.07, 6.45) is 0. The summed E-state index contributed by atoms with van der Waals surface area (Å²) in [5.74, 6) is 0.673. The maximum absolute atomic E-state index is 11.3. The van der Waals surface area contributed by atoms with E-state index < -0.39 is 0 Å². The minimum absolute atomic E-state index is 0.00427. The smallest absolute Gasteiger partial charge is 0.233 e. The zero-order valence-electron chi connectivity index (χ0n) is 11.9. The Morgan fingerprint density at radius 2 is 2.15 bits per heavy atom. The van der Waals surface area contributed by atoms with Crippen LogP contribution >= 0.6 is 12.2 Å². The molecule has 0 aliphatic carbocycles. The number of carbonyl (C=O) groups is 1. The number of thiocarbonyl (C=S) groups is 1. The van der Waals surface area contributed by atoms with Crippen molar-refractivity contribution >= 4 is 23.1 Å². The molecule has 1 rings (SSSR count). The van der Waals surface area contributed by atoms with E-state index in [-0.39, 0.29) is 5.91 Å². The van der Waals surface area contributed by atoms with Crippen molar-refractivity contribution in [3.8, 4) is 5.75 Å². The minimum Gasteiger partial charge on any atom is -0.492 e.